The minimum Gasteiger partial charge on any atom is -0.481 e. The topological polar surface area (TPSA) is 69.2 Å². The van der Waals surface area contributed by atoms with Crippen molar-refractivity contribution < 1.29 is 9.47 Å². The number of ether oxygens (including phenoxy) is 2. The number of pyridine rings is 1. The number of rotatable bonds is 8. The number of anilines is 1. The van der Waals surface area contributed by atoms with Crippen LogP contribution in [0, 0.1) is 6.92 Å². The number of nitrogens with zero attached hydrogens (tertiary/aromatic N) is 3. The molecule has 0 atom stereocenters. The van der Waals surface area contributed by atoms with Gasteiger partial charge in [0.2, 0.25) is 11.0 Å². The Hall–Kier alpha value is -2.25. The zero-order valence-electron chi connectivity index (χ0n) is 14.7. The molecule has 0 radical (unpaired) electrons. The van der Waals surface area contributed by atoms with E-state index in [0.29, 0.717) is 19.0 Å². The minimum atomic E-state index is 0.583. The number of hydrogen-bond acceptors (Lipinski definition) is 7. The van der Waals surface area contributed by atoms with Crippen LogP contribution in [0.5, 0.6) is 5.88 Å². The number of aryl methyl sites for hydroxylation is 1. The number of nitrogens with one attached hydrogen (secondary N) is 1. The Morgan fingerprint density at radius 1 is 1.20 bits per heavy atom. The van der Waals surface area contributed by atoms with Gasteiger partial charge in [-0.1, -0.05) is 23.0 Å². The molecule has 132 valence electrons. The summed E-state index contributed by atoms with van der Waals surface area (Å²) in [4.78, 5) is 4.59. The number of hydrogen-bond donors (Lipinski definition) is 1. The molecule has 25 heavy (non-hydrogen) atoms. The van der Waals surface area contributed by atoms with Crippen LogP contribution in [-0.4, -0.2) is 35.5 Å². The summed E-state index contributed by atoms with van der Waals surface area (Å²) in [5.74, 6) is 0.630. The fraction of sp³-hybridized carbons (Fsp3) is 0.389. The van der Waals surface area contributed by atoms with E-state index in [-0.39, 0.29) is 0 Å². The third kappa shape index (κ3) is 4.43. The van der Waals surface area contributed by atoms with Crippen LogP contribution in [0.25, 0.3) is 10.9 Å². The fourth-order valence-corrected chi connectivity index (χ4v) is 3.24. The molecule has 1 aromatic carbocycles. The normalized spacial score (nSPS) is 11.0. The lowest BCUT2D eigenvalue weighted by Gasteiger charge is -2.10. The van der Waals surface area contributed by atoms with E-state index in [9.17, 15) is 0 Å². The van der Waals surface area contributed by atoms with Crippen LogP contribution in [-0.2, 0) is 17.7 Å². The Labute approximate surface area is 151 Å². The molecule has 0 aliphatic carbocycles. The van der Waals surface area contributed by atoms with Crippen molar-refractivity contribution in [1.82, 2.24) is 15.2 Å². The summed E-state index contributed by atoms with van der Waals surface area (Å²) < 4.78 is 10.8. The summed E-state index contributed by atoms with van der Waals surface area (Å²) in [5, 5.41) is 14.5. The maximum absolute atomic E-state index is 5.44. The van der Waals surface area contributed by atoms with Gasteiger partial charge in [0.05, 0.1) is 19.2 Å². The number of aromatic nitrogens is 3. The number of methoxy groups -OCH3 is 1. The smallest absolute Gasteiger partial charge is 0.218 e. The van der Waals surface area contributed by atoms with Crippen molar-refractivity contribution in [1.29, 1.82) is 0 Å². The maximum atomic E-state index is 5.44. The SMILES string of the molecule is CCOCCc1nnc(NCc2cc3cc(C)ccc3nc2OC)s1. The minimum absolute atomic E-state index is 0.583. The van der Waals surface area contributed by atoms with Crippen LogP contribution in [0.4, 0.5) is 5.13 Å². The van der Waals surface area contributed by atoms with Crippen LogP contribution >= 0.6 is 11.3 Å². The van der Waals surface area contributed by atoms with Crippen molar-refractivity contribution in [2.24, 2.45) is 0 Å². The number of benzene rings is 1. The summed E-state index contributed by atoms with van der Waals surface area (Å²) in [6.45, 7) is 6.04. The Bertz CT molecular complexity index is 850. The zero-order valence-corrected chi connectivity index (χ0v) is 15.5. The summed E-state index contributed by atoms with van der Waals surface area (Å²) in [6.07, 6.45) is 0.785. The molecule has 0 unspecified atom stereocenters. The van der Waals surface area contributed by atoms with Gasteiger partial charge in [0.1, 0.15) is 5.01 Å². The summed E-state index contributed by atoms with van der Waals surface area (Å²) in [5.41, 5.74) is 3.13. The highest BCUT2D eigenvalue weighted by Gasteiger charge is 2.10. The highest BCUT2D eigenvalue weighted by atomic mass is 32.1. The van der Waals surface area contributed by atoms with Crippen LogP contribution in [0.3, 0.4) is 0 Å². The first kappa shape index (κ1) is 17.6. The Morgan fingerprint density at radius 2 is 2.08 bits per heavy atom. The average Bonchev–Trinajstić information content (AvgIpc) is 3.07. The molecule has 7 heteroatoms. The van der Waals surface area contributed by atoms with Gasteiger partial charge in [-0.25, -0.2) is 4.98 Å². The Balaban J connectivity index is 1.71. The van der Waals surface area contributed by atoms with Gasteiger partial charge in [-0.3, -0.25) is 0 Å². The van der Waals surface area contributed by atoms with Gasteiger partial charge < -0.3 is 14.8 Å². The van der Waals surface area contributed by atoms with Gasteiger partial charge in [0.25, 0.3) is 0 Å². The average molecular weight is 358 g/mol. The first-order chi connectivity index (χ1) is 12.2. The van der Waals surface area contributed by atoms with Crippen molar-refractivity contribution in [2.45, 2.75) is 26.8 Å². The standard InChI is InChI=1S/C18H22N4O2S/c1-4-24-8-7-16-21-22-18(25-16)19-11-14-10-13-9-12(2)5-6-15(13)20-17(14)23-3/h5-6,9-10H,4,7-8,11H2,1-3H3,(H,19,22). The second-order valence-electron chi connectivity index (χ2n) is 5.65. The molecule has 0 aliphatic heterocycles. The molecular formula is C18H22N4O2S. The fourth-order valence-electron chi connectivity index (χ4n) is 2.53. The highest BCUT2D eigenvalue weighted by Crippen LogP contribution is 2.25. The van der Waals surface area contributed by atoms with E-state index in [1.54, 1.807) is 18.4 Å². The van der Waals surface area contributed by atoms with Gasteiger partial charge >= 0.3 is 0 Å². The van der Waals surface area contributed by atoms with Crippen molar-refractivity contribution in [2.75, 3.05) is 25.6 Å². The lowest BCUT2D eigenvalue weighted by molar-refractivity contribution is 0.150. The third-order valence-electron chi connectivity index (χ3n) is 3.76. The van der Waals surface area contributed by atoms with Crippen LogP contribution < -0.4 is 10.1 Å². The lowest BCUT2D eigenvalue weighted by Crippen LogP contribution is -2.03. The molecule has 0 spiro atoms. The van der Waals surface area contributed by atoms with Gasteiger partial charge in [-0.05, 0) is 32.0 Å². The molecule has 3 rings (SSSR count). The molecule has 2 heterocycles. The predicted molar refractivity (Wildman–Crippen MR) is 100 cm³/mol. The third-order valence-corrected chi connectivity index (χ3v) is 4.70. The summed E-state index contributed by atoms with van der Waals surface area (Å²) in [6, 6.07) is 8.30. The second kappa shape index (κ2) is 8.22. The Kier molecular flexibility index (Phi) is 5.78. The maximum Gasteiger partial charge on any atom is 0.218 e. The van der Waals surface area contributed by atoms with E-state index in [1.807, 2.05) is 13.0 Å². The number of fused-ring (bicyclic) bond motifs is 1. The molecule has 0 bridgehead atoms. The molecule has 3 aromatic rings. The largest absolute Gasteiger partial charge is 0.481 e. The Morgan fingerprint density at radius 3 is 2.88 bits per heavy atom. The van der Waals surface area contributed by atoms with Crippen molar-refractivity contribution >= 4 is 27.4 Å². The van der Waals surface area contributed by atoms with Crippen molar-refractivity contribution in [3.63, 3.8) is 0 Å². The van der Waals surface area contributed by atoms with Gasteiger partial charge in [-0.15, -0.1) is 10.2 Å². The van der Waals surface area contributed by atoms with Gasteiger partial charge in [0.15, 0.2) is 0 Å². The zero-order chi connectivity index (χ0) is 17.6. The quantitative estimate of drug-likeness (QED) is 0.621. The van der Waals surface area contributed by atoms with Crippen LogP contribution in [0.1, 0.15) is 23.1 Å². The van der Waals surface area contributed by atoms with E-state index in [4.69, 9.17) is 9.47 Å². The molecule has 0 amide bonds. The van der Waals surface area contributed by atoms with Crippen LogP contribution in [0.15, 0.2) is 24.3 Å². The van der Waals surface area contributed by atoms with Gasteiger partial charge in [-0.2, -0.15) is 0 Å². The molecule has 2 aromatic heterocycles. The first-order valence-electron chi connectivity index (χ1n) is 8.28. The molecule has 0 saturated carbocycles. The van der Waals surface area contributed by atoms with E-state index in [2.05, 4.69) is 45.6 Å². The van der Waals surface area contributed by atoms with Gasteiger partial charge in [0, 0.05) is 30.5 Å². The van der Waals surface area contributed by atoms with E-state index in [1.165, 1.54) is 5.56 Å². The monoisotopic (exact) mass is 358 g/mol. The molecule has 0 saturated heterocycles. The molecule has 0 aliphatic rings. The summed E-state index contributed by atoms with van der Waals surface area (Å²) in [7, 11) is 1.64. The first-order valence-corrected chi connectivity index (χ1v) is 9.09. The van der Waals surface area contributed by atoms with E-state index < -0.39 is 0 Å². The highest BCUT2D eigenvalue weighted by molar-refractivity contribution is 7.15. The lowest BCUT2D eigenvalue weighted by atomic mass is 10.1. The summed E-state index contributed by atoms with van der Waals surface area (Å²) >= 11 is 1.55. The van der Waals surface area contributed by atoms with Crippen molar-refractivity contribution in [3.05, 3.63) is 40.4 Å². The van der Waals surface area contributed by atoms with E-state index in [0.717, 1.165) is 39.6 Å². The molecule has 1 N–H and O–H groups in total. The van der Waals surface area contributed by atoms with Crippen LogP contribution in [0.2, 0.25) is 0 Å². The second-order valence-corrected chi connectivity index (χ2v) is 6.72. The van der Waals surface area contributed by atoms with Crippen molar-refractivity contribution in [3.8, 4) is 5.88 Å². The molecule has 6 nitrogen and oxygen atoms in total. The predicted octanol–water partition coefficient (Wildman–Crippen LogP) is 3.59. The molecule has 0 fully saturated rings. The van der Waals surface area contributed by atoms with E-state index >= 15 is 0 Å². The molecular weight excluding hydrogens is 336 g/mol.